The van der Waals surface area contributed by atoms with Crippen LogP contribution in [0.4, 0.5) is 0 Å². The van der Waals surface area contributed by atoms with E-state index in [1.165, 1.54) is 24.3 Å². The van der Waals surface area contributed by atoms with Crippen LogP contribution in [0, 0.1) is 0 Å². The Bertz CT molecular complexity index is 84.6. The molecule has 0 aliphatic carbocycles. The Morgan fingerprint density at radius 2 is 1.50 bits per heavy atom. The fourth-order valence-electron chi connectivity index (χ4n) is 0.204. The van der Waals surface area contributed by atoms with Gasteiger partial charge in [0.05, 0.1) is 24.3 Å². The summed E-state index contributed by atoms with van der Waals surface area (Å²) >= 11 is 2.45. The Morgan fingerprint density at radius 1 is 1.00 bits per heavy atom. The van der Waals surface area contributed by atoms with Gasteiger partial charge >= 0.3 is 0 Å². The van der Waals surface area contributed by atoms with Crippen molar-refractivity contribution in [1.82, 2.24) is 9.44 Å². The lowest BCUT2D eigenvalue weighted by molar-refractivity contribution is 1.51. The molecule has 1 heterocycles. The maximum atomic E-state index is 3.79. The van der Waals surface area contributed by atoms with Crippen molar-refractivity contribution in [2.75, 3.05) is 0 Å². The molecule has 0 atom stereocenters. The largest absolute Gasteiger partial charge is 0.300 e. The van der Waals surface area contributed by atoms with Crippen LogP contribution in [0.25, 0.3) is 0 Å². The highest BCUT2D eigenvalue weighted by Crippen LogP contribution is 1.97. The van der Waals surface area contributed by atoms with Gasteiger partial charge in [-0.1, -0.05) is 0 Å². The molecule has 0 saturated heterocycles. The zero-order valence-electron chi connectivity index (χ0n) is 3.87. The van der Waals surface area contributed by atoms with E-state index in [9.17, 15) is 0 Å². The highest BCUT2D eigenvalue weighted by molar-refractivity contribution is 7.98. The van der Waals surface area contributed by atoms with Gasteiger partial charge in [0.1, 0.15) is 12.7 Å². The van der Waals surface area contributed by atoms with Gasteiger partial charge in [-0.2, -0.15) is 8.80 Å². The van der Waals surface area contributed by atoms with Crippen LogP contribution in [0.15, 0.2) is 8.80 Å². The van der Waals surface area contributed by atoms with Gasteiger partial charge in [-0.25, -0.2) is 0 Å². The minimum Gasteiger partial charge on any atom is -0.300 e. The molecule has 0 unspecified atom stereocenters. The third-order valence-electron chi connectivity index (χ3n) is 0.422. The molecule has 0 aromatic heterocycles. The van der Waals surface area contributed by atoms with Crippen molar-refractivity contribution in [3.05, 3.63) is 0 Å². The van der Waals surface area contributed by atoms with Crippen LogP contribution < -0.4 is 9.44 Å². The molecule has 44 valence electrons. The Hall–Kier alpha value is -0.360. The normalized spacial score (nSPS) is 26.0. The maximum Gasteiger partial charge on any atom is 0.110 e. The molecule has 0 bridgehead atoms. The van der Waals surface area contributed by atoms with Gasteiger partial charge in [0.25, 0.3) is 0 Å². The Labute approximate surface area is 55.8 Å². The lowest BCUT2D eigenvalue weighted by atomic mass is 11.4. The first-order valence-electron chi connectivity index (χ1n) is 1.87. The predicted molar refractivity (Wildman–Crippen MR) is 38.4 cm³/mol. The smallest absolute Gasteiger partial charge is 0.110 e. The van der Waals surface area contributed by atoms with Gasteiger partial charge in [-0.15, -0.1) is 0 Å². The standard InChI is InChI=1S/C2H4N4S2/c1-3-7-5-2-6-8-4-1/h1-2H,(H,3,4)(H,5,6). The van der Waals surface area contributed by atoms with Crippen LogP contribution in [0.1, 0.15) is 0 Å². The molecule has 1 aliphatic rings. The van der Waals surface area contributed by atoms with Gasteiger partial charge in [0.15, 0.2) is 0 Å². The summed E-state index contributed by atoms with van der Waals surface area (Å²) in [6.45, 7) is 0. The molecule has 1 aliphatic heterocycles. The molecule has 0 radical (unpaired) electrons. The molecule has 0 amide bonds. The third kappa shape index (κ3) is 2.08. The van der Waals surface area contributed by atoms with Crippen molar-refractivity contribution in [2.45, 2.75) is 0 Å². The van der Waals surface area contributed by atoms with Gasteiger partial charge < -0.3 is 9.44 Å². The summed E-state index contributed by atoms with van der Waals surface area (Å²) in [6, 6.07) is 0. The SMILES string of the molecule is C1=N\SN/C=N\SN/1. The second kappa shape index (κ2) is 3.62. The zero-order valence-corrected chi connectivity index (χ0v) is 5.50. The summed E-state index contributed by atoms with van der Waals surface area (Å²) < 4.78 is 13.1. The lowest BCUT2D eigenvalue weighted by Gasteiger charge is -1.95. The third-order valence-corrected chi connectivity index (χ3v) is 1.26. The number of nitrogens with one attached hydrogen (secondary N) is 2. The molecular formula is C2H4N4S2. The van der Waals surface area contributed by atoms with E-state index in [-0.39, 0.29) is 0 Å². The first kappa shape index (κ1) is 5.77. The van der Waals surface area contributed by atoms with E-state index in [0.717, 1.165) is 0 Å². The molecule has 0 aromatic carbocycles. The van der Waals surface area contributed by atoms with E-state index in [2.05, 4.69) is 18.2 Å². The number of hydrogen-bond acceptors (Lipinski definition) is 6. The highest BCUT2D eigenvalue weighted by Gasteiger charge is 1.80. The Balaban J connectivity index is 2.29. The average molecular weight is 148 g/mol. The maximum absolute atomic E-state index is 3.79. The monoisotopic (exact) mass is 148 g/mol. The molecule has 0 saturated carbocycles. The highest BCUT2D eigenvalue weighted by atomic mass is 32.2. The van der Waals surface area contributed by atoms with Crippen LogP contribution in [-0.2, 0) is 0 Å². The van der Waals surface area contributed by atoms with Crippen molar-refractivity contribution in [3.8, 4) is 0 Å². The number of hydrogen-bond donors (Lipinski definition) is 2. The summed E-state index contributed by atoms with van der Waals surface area (Å²) in [6.07, 6.45) is 3.14. The molecule has 2 N–H and O–H groups in total. The van der Waals surface area contributed by atoms with Crippen LogP contribution in [-0.4, -0.2) is 12.7 Å². The minimum atomic E-state index is 1.22. The molecule has 1 rings (SSSR count). The lowest BCUT2D eigenvalue weighted by Crippen LogP contribution is -2.03. The van der Waals surface area contributed by atoms with Gasteiger partial charge in [-0.3, -0.25) is 0 Å². The fourth-order valence-corrected chi connectivity index (χ4v) is 0.869. The summed E-state index contributed by atoms with van der Waals surface area (Å²) in [5.74, 6) is 0. The molecule has 0 aromatic rings. The van der Waals surface area contributed by atoms with E-state index in [1.54, 1.807) is 12.7 Å². The van der Waals surface area contributed by atoms with Crippen molar-refractivity contribution in [1.29, 1.82) is 0 Å². The first-order chi connectivity index (χ1) is 4.00. The summed E-state index contributed by atoms with van der Waals surface area (Å²) in [5.41, 5.74) is 0. The second-order valence-electron chi connectivity index (χ2n) is 0.887. The van der Waals surface area contributed by atoms with E-state index >= 15 is 0 Å². The summed E-state index contributed by atoms with van der Waals surface area (Å²) in [7, 11) is 0. The quantitative estimate of drug-likeness (QED) is 0.487. The van der Waals surface area contributed by atoms with Crippen molar-refractivity contribution < 1.29 is 0 Å². The predicted octanol–water partition coefficient (Wildman–Crippen LogP) is 0.362. The Kier molecular flexibility index (Phi) is 2.61. The topological polar surface area (TPSA) is 48.8 Å². The minimum absolute atomic E-state index is 1.22. The Morgan fingerprint density at radius 3 is 2.00 bits per heavy atom. The van der Waals surface area contributed by atoms with E-state index in [1.807, 2.05) is 0 Å². The van der Waals surface area contributed by atoms with E-state index in [0.29, 0.717) is 0 Å². The fraction of sp³-hybridized carbons (Fsp3) is 0. The van der Waals surface area contributed by atoms with Crippen molar-refractivity contribution >= 4 is 36.9 Å². The molecule has 0 fully saturated rings. The van der Waals surface area contributed by atoms with Crippen LogP contribution in [0.5, 0.6) is 0 Å². The molecule has 4 nitrogen and oxygen atoms in total. The van der Waals surface area contributed by atoms with Crippen molar-refractivity contribution in [3.63, 3.8) is 0 Å². The van der Waals surface area contributed by atoms with Crippen molar-refractivity contribution in [2.24, 2.45) is 8.80 Å². The van der Waals surface area contributed by atoms with Crippen LogP contribution >= 0.6 is 24.3 Å². The second-order valence-corrected chi connectivity index (χ2v) is 2.15. The summed E-state index contributed by atoms with van der Waals surface area (Å²) in [5, 5.41) is 0. The van der Waals surface area contributed by atoms with E-state index < -0.39 is 0 Å². The van der Waals surface area contributed by atoms with Crippen LogP contribution in [0.3, 0.4) is 0 Å². The van der Waals surface area contributed by atoms with Gasteiger partial charge in [0.2, 0.25) is 0 Å². The molecule has 0 spiro atoms. The van der Waals surface area contributed by atoms with Crippen LogP contribution in [0.2, 0.25) is 0 Å². The van der Waals surface area contributed by atoms with Gasteiger partial charge in [-0.05, 0) is 0 Å². The zero-order chi connectivity index (χ0) is 5.66. The van der Waals surface area contributed by atoms with Gasteiger partial charge in [0, 0.05) is 0 Å². The number of nitrogens with zero attached hydrogens (tertiary/aromatic N) is 2. The number of rotatable bonds is 0. The molecule has 8 heavy (non-hydrogen) atoms. The average Bonchev–Trinajstić information content (AvgIpc) is 1.62. The first-order valence-corrected chi connectivity index (χ1v) is 3.41. The molecule has 6 heteroatoms. The van der Waals surface area contributed by atoms with E-state index in [4.69, 9.17) is 0 Å². The molecular weight excluding hydrogens is 144 g/mol. The summed E-state index contributed by atoms with van der Waals surface area (Å²) in [4.78, 5) is 0.